The van der Waals surface area contributed by atoms with Crippen molar-refractivity contribution in [1.29, 1.82) is 0 Å². The summed E-state index contributed by atoms with van der Waals surface area (Å²) in [5.74, 6) is 7.52. The number of benzene rings is 1. The Kier molecular flexibility index (Phi) is 6.08. The third kappa shape index (κ3) is 5.47. The molecule has 0 saturated heterocycles. The van der Waals surface area contributed by atoms with Crippen LogP contribution in [0.3, 0.4) is 0 Å². The molecule has 0 saturated carbocycles. The monoisotopic (exact) mass is 428 g/mol. The van der Waals surface area contributed by atoms with Crippen molar-refractivity contribution in [2.45, 2.75) is 77.6 Å². The third-order valence-electron chi connectivity index (χ3n) is 5.27. The minimum atomic E-state index is -1.95. The zero-order valence-electron chi connectivity index (χ0n) is 19.5. The van der Waals surface area contributed by atoms with Gasteiger partial charge in [-0.05, 0) is 0 Å². The summed E-state index contributed by atoms with van der Waals surface area (Å²) in [5.41, 5.74) is 7.48. The van der Waals surface area contributed by atoms with E-state index in [-0.39, 0.29) is 5.41 Å². The van der Waals surface area contributed by atoms with Gasteiger partial charge in [0.15, 0.2) is 0 Å². The van der Waals surface area contributed by atoms with Crippen LogP contribution < -0.4 is 8.96 Å². The van der Waals surface area contributed by atoms with E-state index in [0.29, 0.717) is 5.41 Å². The second-order valence-electron chi connectivity index (χ2n) is 11.5. The number of hydrogen-bond donors (Lipinski definition) is 0. The van der Waals surface area contributed by atoms with Crippen LogP contribution in [0.5, 0.6) is 0 Å². The molecular formula is C25H40GeN+. The summed E-state index contributed by atoms with van der Waals surface area (Å²) < 4.78 is 4.01. The van der Waals surface area contributed by atoms with E-state index in [1.807, 2.05) is 0 Å². The van der Waals surface area contributed by atoms with Gasteiger partial charge in [0.2, 0.25) is 0 Å². The molecule has 0 aliphatic carbocycles. The predicted octanol–water partition coefficient (Wildman–Crippen LogP) is 5.92. The van der Waals surface area contributed by atoms with Crippen molar-refractivity contribution >= 4 is 17.7 Å². The van der Waals surface area contributed by atoms with Crippen LogP contribution in [0.15, 0.2) is 30.5 Å². The van der Waals surface area contributed by atoms with E-state index in [4.69, 9.17) is 0 Å². The summed E-state index contributed by atoms with van der Waals surface area (Å²) in [6.07, 6.45) is 3.58. The van der Waals surface area contributed by atoms with Gasteiger partial charge in [-0.25, -0.2) is 0 Å². The molecule has 2 rings (SSSR count). The van der Waals surface area contributed by atoms with Crippen LogP contribution in [0.2, 0.25) is 17.3 Å². The van der Waals surface area contributed by atoms with Crippen LogP contribution in [-0.4, -0.2) is 13.3 Å². The van der Waals surface area contributed by atoms with Crippen molar-refractivity contribution < 1.29 is 4.57 Å². The summed E-state index contributed by atoms with van der Waals surface area (Å²) in [5, 5.41) is 0. The molecule has 0 radical (unpaired) electrons. The van der Waals surface area contributed by atoms with Crippen LogP contribution in [-0.2, 0) is 18.9 Å². The summed E-state index contributed by atoms with van der Waals surface area (Å²) >= 11 is -1.95. The van der Waals surface area contributed by atoms with Crippen molar-refractivity contribution in [3.8, 4) is 11.3 Å². The molecule has 1 aromatic carbocycles. The van der Waals surface area contributed by atoms with Crippen molar-refractivity contribution in [3.63, 3.8) is 0 Å². The Labute approximate surface area is 170 Å². The van der Waals surface area contributed by atoms with Crippen molar-refractivity contribution in [3.05, 3.63) is 47.2 Å². The van der Waals surface area contributed by atoms with Gasteiger partial charge in [0.1, 0.15) is 0 Å². The van der Waals surface area contributed by atoms with Crippen molar-refractivity contribution in [1.82, 2.24) is 0 Å². The minimum absolute atomic E-state index is 0.163. The van der Waals surface area contributed by atoms with Gasteiger partial charge >= 0.3 is 171 Å². The summed E-state index contributed by atoms with van der Waals surface area (Å²) in [6.45, 7) is 16.2. The molecule has 0 atom stereocenters. The molecule has 2 heteroatoms. The van der Waals surface area contributed by atoms with Crippen molar-refractivity contribution in [2.75, 3.05) is 0 Å². The predicted molar refractivity (Wildman–Crippen MR) is 123 cm³/mol. The molecule has 0 amide bonds. The van der Waals surface area contributed by atoms with Crippen LogP contribution in [0.25, 0.3) is 11.3 Å². The average Bonchev–Trinajstić information content (AvgIpc) is 2.45. The molecule has 148 valence electrons. The molecule has 0 aliphatic heterocycles. The molecule has 0 aliphatic rings. The molecule has 0 bridgehead atoms. The van der Waals surface area contributed by atoms with Crippen LogP contribution >= 0.6 is 0 Å². The van der Waals surface area contributed by atoms with E-state index < -0.39 is 13.3 Å². The SMILES string of the molecule is Cc1ccc(C(C)(C)C)cc1-c1cc(CC(C)(C)C)[c]([Ge]([CH3])([CH3])[CH3])c[n+]1C. The standard InChI is InChI=1S/C25H40GeN/c1-18-12-13-20(25(5,6)7)15-21(18)23-14-19(16-24(2,3)4)22(17-27(23)11)26(8,9)10/h12-15,17H,16H2,1-11H3/q+1. The number of pyridine rings is 1. The Bertz CT molecular complexity index is 827. The molecule has 2 aromatic rings. The first-order valence-corrected chi connectivity index (χ1v) is 17.6. The Hall–Kier alpha value is -1.09. The summed E-state index contributed by atoms with van der Waals surface area (Å²) in [6, 6.07) is 9.47. The fourth-order valence-electron chi connectivity index (χ4n) is 3.72. The van der Waals surface area contributed by atoms with E-state index in [9.17, 15) is 0 Å². The number of rotatable bonds is 3. The van der Waals surface area contributed by atoms with Gasteiger partial charge in [-0.3, -0.25) is 0 Å². The molecular weight excluding hydrogens is 387 g/mol. The maximum atomic E-state index is 2.51. The van der Waals surface area contributed by atoms with Gasteiger partial charge in [0, 0.05) is 0 Å². The Morgan fingerprint density at radius 1 is 0.926 bits per heavy atom. The second-order valence-corrected chi connectivity index (χ2v) is 22.0. The Balaban J connectivity index is 2.74. The second kappa shape index (κ2) is 7.39. The van der Waals surface area contributed by atoms with Crippen LogP contribution in [0.4, 0.5) is 0 Å². The summed E-state index contributed by atoms with van der Waals surface area (Å²) in [4.78, 5) is 0. The molecule has 0 spiro atoms. The zero-order valence-corrected chi connectivity index (χ0v) is 21.6. The topological polar surface area (TPSA) is 3.88 Å². The molecule has 1 nitrogen and oxygen atoms in total. The molecule has 1 heterocycles. The molecule has 27 heavy (non-hydrogen) atoms. The van der Waals surface area contributed by atoms with Crippen LogP contribution in [0.1, 0.15) is 58.2 Å². The van der Waals surface area contributed by atoms with E-state index in [1.54, 1.807) is 9.96 Å². The van der Waals surface area contributed by atoms with Gasteiger partial charge in [-0.2, -0.15) is 0 Å². The van der Waals surface area contributed by atoms with Gasteiger partial charge in [-0.15, -0.1) is 0 Å². The molecule has 0 fully saturated rings. The first-order valence-electron chi connectivity index (χ1n) is 10.2. The zero-order chi connectivity index (χ0) is 20.8. The average molecular weight is 427 g/mol. The molecule has 1 aromatic heterocycles. The Morgan fingerprint density at radius 3 is 2.00 bits per heavy atom. The molecule has 0 unspecified atom stereocenters. The van der Waals surface area contributed by atoms with Crippen LogP contribution in [0, 0.1) is 12.3 Å². The fraction of sp³-hybridized carbons (Fsp3) is 0.560. The van der Waals surface area contributed by atoms with Crippen molar-refractivity contribution in [2.24, 2.45) is 12.5 Å². The fourth-order valence-corrected chi connectivity index (χ4v) is 7.29. The number of nitrogens with zero attached hydrogens (tertiary/aromatic N) is 1. The third-order valence-corrected chi connectivity index (χ3v) is 9.60. The number of aromatic nitrogens is 1. The van der Waals surface area contributed by atoms with Gasteiger partial charge in [0.25, 0.3) is 0 Å². The van der Waals surface area contributed by atoms with E-state index in [0.717, 1.165) is 6.42 Å². The Morgan fingerprint density at radius 2 is 1.52 bits per heavy atom. The quantitative estimate of drug-likeness (QED) is 0.423. The number of aryl methyl sites for hydroxylation is 2. The normalized spacial score (nSPS) is 13.1. The number of hydrogen-bond acceptors (Lipinski definition) is 0. The summed E-state index contributed by atoms with van der Waals surface area (Å²) in [7, 11) is 2.22. The first-order chi connectivity index (χ1) is 12.1. The molecule has 0 N–H and O–H groups in total. The maximum absolute atomic E-state index is 2.51. The van der Waals surface area contributed by atoms with Gasteiger partial charge < -0.3 is 0 Å². The van der Waals surface area contributed by atoms with E-state index in [1.165, 1.54) is 22.4 Å². The van der Waals surface area contributed by atoms with E-state index >= 15 is 0 Å². The first kappa shape index (κ1) is 22.2. The van der Waals surface area contributed by atoms with Gasteiger partial charge in [0.05, 0.1) is 0 Å². The van der Waals surface area contributed by atoms with Gasteiger partial charge in [-0.1, -0.05) is 0 Å². The van der Waals surface area contributed by atoms with E-state index in [2.05, 4.69) is 108 Å².